The molecule has 0 amide bonds. The van der Waals surface area contributed by atoms with Crippen molar-refractivity contribution in [3.05, 3.63) is 160 Å². The van der Waals surface area contributed by atoms with Crippen LogP contribution in [0.15, 0.2) is 121 Å². The Bertz CT molecular complexity index is 3270. The fourth-order valence-corrected chi connectivity index (χ4v) is 11.1. The molecule has 2 aliphatic carbocycles. The van der Waals surface area contributed by atoms with Gasteiger partial charge in [0, 0.05) is 37.9 Å². The van der Waals surface area contributed by atoms with Gasteiger partial charge in [-0.15, -0.1) is 0 Å². The van der Waals surface area contributed by atoms with E-state index in [1.165, 1.54) is 44.5 Å². The third-order valence-electron chi connectivity index (χ3n) is 14.6. The largest absolute Gasteiger partial charge is 0.491 e. The van der Waals surface area contributed by atoms with E-state index in [9.17, 15) is 10.5 Å². The molecule has 0 spiro atoms. The van der Waals surface area contributed by atoms with Crippen LogP contribution < -0.4 is 4.74 Å². The highest BCUT2D eigenvalue weighted by Gasteiger charge is 2.39. The van der Waals surface area contributed by atoms with E-state index in [-0.39, 0.29) is 10.8 Å². The van der Waals surface area contributed by atoms with E-state index < -0.39 is 0 Å². The number of fused-ring (bicyclic) bond motifs is 12. The monoisotopic (exact) mass is 804 g/mol. The molecule has 0 fully saturated rings. The predicted molar refractivity (Wildman–Crippen MR) is 254 cm³/mol. The second-order valence-electron chi connectivity index (χ2n) is 18.7. The molecule has 11 rings (SSSR count). The fraction of sp³-hybridized carbons (Fsp3) is 0.228. The molecule has 0 saturated carbocycles. The molecule has 5 heteroatoms. The van der Waals surface area contributed by atoms with E-state index in [0.29, 0.717) is 29.4 Å². The van der Waals surface area contributed by atoms with Crippen molar-refractivity contribution in [3.8, 4) is 51.5 Å². The van der Waals surface area contributed by atoms with Gasteiger partial charge in [-0.1, -0.05) is 133 Å². The zero-order chi connectivity index (χ0) is 42.8. The average molecular weight is 805 g/mol. The first-order chi connectivity index (χ1) is 30.0. The molecule has 302 valence electrons. The Labute approximate surface area is 363 Å². The number of para-hydroxylation sites is 2. The topological polar surface area (TPSA) is 66.7 Å². The number of hydrogen-bond acceptors (Lipinski definition) is 3. The zero-order valence-corrected chi connectivity index (χ0v) is 36.4. The van der Waals surface area contributed by atoms with Crippen LogP contribution in [0.5, 0.6) is 5.75 Å². The summed E-state index contributed by atoms with van der Waals surface area (Å²) in [5.41, 5.74) is 16.8. The molecule has 0 aliphatic heterocycles. The fourth-order valence-electron chi connectivity index (χ4n) is 11.1. The number of nitriles is 2. The molecule has 9 aromatic rings. The number of hydrogen-bond donors (Lipinski definition) is 0. The zero-order valence-electron chi connectivity index (χ0n) is 36.4. The van der Waals surface area contributed by atoms with Gasteiger partial charge in [0.25, 0.3) is 0 Å². The van der Waals surface area contributed by atoms with Crippen molar-refractivity contribution in [2.24, 2.45) is 5.92 Å². The minimum atomic E-state index is -0.231. The van der Waals surface area contributed by atoms with Gasteiger partial charge in [-0.05, 0) is 100 Å². The molecular formula is C57H48N4O. The van der Waals surface area contributed by atoms with Gasteiger partial charge in [0.15, 0.2) is 5.75 Å². The summed E-state index contributed by atoms with van der Waals surface area (Å²) in [6.45, 7) is 16.1. The van der Waals surface area contributed by atoms with Crippen molar-refractivity contribution in [3.63, 3.8) is 0 Å². The third kappa shape index (κ3) is 5.00. The highest BCUT2D eigenvalue weighted by Crippen LogP contribution is 2.54. The van der Waals surface area contributed by atoms with Crippen LogP contribution in [-0.4, -0.2) is 15.7 Å². The van der Waals surface area contributed by atoms with Gasteiger partial charge < -0.3 is 13.9 Å². The summed E-state index contributed by atoms with van der Waals surface area (Å²) in [5.74, 6) is 0.767. The second-order valence-corrected chi connectivity index (χ2v) is 18.7. The lowest BCUT2D eigenvalue weighted by Gasteiger charge is -2.25. The normalized spacial score (nSPS) is 14.7. The Morgan fingerprint density at radius 2 is 0.984 bits per heavy atom. The van der Waals surface area contributed by atoms with Crippen LogP contribution >= 0.6 is 0 Å². The summed E-state index contributed by atoms with van der Waals surface area (Å²) in [5, 5.41) is 27.4. The molecular weight excluding hydrogens is 757 g/mol. The van der Waals surface area contributed by atoms with Crippen molar-refractivity contribution in [2.45, 2.75) is 72.1 Å². The number of aromatic nitrogens is 2. The molecule has 5 nitrogen and oxygen atoms in total. The molecule has 0 bridgehead atoms. The summed E-state index contributed by atoms with van der Waals surface area (Å²) in [4.78, 5) is 0. The standard InChI is InChI=1S/C57H48N4O/c1-8-33(2)25-26-62-55-43(31-58)53(60-49-23-15-11-19-37(49)41-27-39-35-17-9-13-21-45(35)56(4,5)47(39)29-51(41)60)34(3)54(44(55)32-59)61-50-24-16-12-20-38(50)42-28-40-36-18-10-14-22-46(36)57(6,7)48(40)30-52(42)61/h9-24,27-30,33H,8,25-26H2,1-7H3. The van der Waals surface area contributed by atoms with Gasteiger partial charge in [-0.25, -0.2) is 0 Å². The maximum Gasteiger partial charge on any atom is 0.159 e. The van der Waals surface area contributed by atoms with Crippen LogP contribution in [-0.2, 0) is 10.8 Å². The molecule has 0 N–H and O–H groups in total. The SMILES string of the molecule is CCC(C)CCOc1c(C#N)c(-n2c3ccccc3c3cc4c(cc32)C(C)(C)c2ccccc2-4)c(C)c(-n2c3ccccc3c3cc4c(cc32)C(C)(C)c2ccccc2-4)c1C#N. The first-order valence-electron chi connectivity index (χ1n) is 22.0. The Morgan fingerprint density at radius 3 is 1.44 bits per heavy atom. The van der Waals surface area contributed by atoms with Gasteiger partial charge in [0.1, 0.15) is 23.3 Å². The quantitative estimate of drug-likeness (QED) is 0.161. The summed E-state index contributed by atoms with van der Waals surface area (Å²) < 4.78 is 11.4. The molecule has 0 saturated heterocycles. The van der Waals surface area contributed by atoms with Crippen LogP contribution in [0.4, 0.5) is 0 Å². The van der Waals surface area contributed by atoms with Gasteiger partial charge in [-0.3, -0.25) is 0 Å². The summed E-state index contributed by atoms with van der Waals surface area (Å²) in [6, 6.07) is 49.2. The minimum absolute atomic E-state index is 0.231. The molecule has 1 atom stereocenters. The Kier molecular flexibility index (Phi) is 8.22. The van der Waals surface area contributed by atoms with E-state index in [0.717, 1.165) is 73.4 Å². The van der Waals surface area contributed by atoms with Crippen molar-refractivity contribution in [1.29, 1.82) is 10.5 Å². The van der Waals surface area contributed by atoms with E-state index >= 15 is 0 Å². The molecule has 62 heavy (non-hydrogen) atoms. The minimum Gasteiger partial charge on any atom is -0.491 e. The number of benzene rings is 7. The maximum absolute atomic E-state index is 11.5. The first-order valence-corrected chi connectivity index (χ1v) is 22.0. The van der Waals surface area contributed by atoms with E-state index in [1.54, 1.807) is 0 Å². The maximum atomic E-state index is 11.5. The number of nitrogens with zero attached hydrogens (tertiary/aromatic N) is 4. The van der Waals surface area contributed by atoms with Crippen molar-refractivity contribution < 1.29 is 4.74 Å². The molecule has 1 unspecified atom stereocenters. The van der Waals surface area contributed by atoms with Crippen LogP contribution in [0.3, 0.4) is 0 Å². The third-order valence-corrected chi connectivity index (χ3v) is 14.6. The van der Waals surface area contributed by atoms with Crippen molar-refractivity contribution in [2.75, 3.05) is 6.61 Å². The number of rotatable bonds is 7. The number of ether oxygens (including phenoxy) is 1. The second kappa shape index (κ2) is 13.5. The highest BCUT2D eigenvalue weighted by molar-refractivity contribution is 6.14. The lowest BCUT2D eigenvalue weighted by Crippen LogP contribution is -2.16. The van der Waals surface area contributed by atoms with Gasteiger partial charge in [0.05, 0.1) is 40.0 Å². The van der Waals surface area contributed by atoms with Crippen molar-refractivity contribution in [1.82, 2.24) is 9.13 Å². The Balaban J connectivity index is 1.28. The lowest BCUT2D eigenvalue weighted by molar-refractivity contribution is 0.280. The lowest BCUT2D eigenvalue weighted by atomic mass is 9.82. The van der Waals surface area contributed by atoms with Crippen LogP contribution in [0.1, 0.15) is 93.3 Å². The van der Waals surface area contributed by atoms with E-state index in [4.69, 9.17) is 4.74 Å². The van der Waals surface area contributed by atoms with Crippen LogP contribution in [0, 0.1) is 35.5 Å². The van der Waals surface area contributed by atoms with Crippen molar-refractivity contribution >= 4 is 43.6 Å². The molecule has 2 aromatic heterocycles. The molecule has 2 aliphatic rings. The first kappa shape index (κ1) is 37.9. The van der Waals surface area contributed by atoms with Gasteiger partial charge in [-0.2, -0.15) is 10.5 Å². The van der Waals surface area contributed by atoms with E-state index in [2.05, 4.69) is 191 Å². The molecule has 7 aromatic carbocycles. The average Bonchev–Trinajstić information content (AvgIpc) is 3.93. The predicted octanol–water partition coefficient (Wildman–Crippen LogP) is 14.4. The van der Waals surface area contributed by atoms with Crippen LogP contribution in [0.2, 0.25) is 0 Å². The summed E-state index contributed by atoms with van der Waals surface area (Å²) in [7, 11) is 0. The van der Waals surface area contributed by atoms with Gasteiger partial charge in [0.2, 0.25) is 0 Å². The van der Waals surface area contributed by atoms with E-state index in [1.807, 2.05) is 0 Å². The Morgan fingerprint density at radius 1 is 0.548 bits per heavy atom. The summed E-state index contributed by atoms with van der Waals surface area (Å²) >= 11 is 0. The smallest absolute Gasteiger partial charge is 0.159 e. The molecule has 2 heterocycles. The summed E-state index contributed by atoms with van der Waals surface area (Å²) in [6.07, 6.45) is 1.82. The van der Waals surface area contributed by atoms with Gasteiger partial charge >= 0.3 is 0 Å². The van der Waals surface area contributed by atoms with Crippen LogP contribution in [0.25, 0.3) is 77.2 Å². The molecule has 0 radical (unpaired) electrons. The Hall–Kier alpha value is -7.08. The highest BCUT2D eigenvalue weighted by atomic mass is 16.5.